The van der Waals surface area contributed by atoms with Crippen LogP contribution >= 0.6 is 11.6 Å². The predicted molar refractivity (Wildman–Crippen MR) is 106 cm³/mol. The van der Waals surface area contributed by atoms with Crippen molar-refractivity contribution in [2.75, 3.05) is 13.2 Å². The minimum atomic E-state index is -0.593. The maximum absolute atomic E-state index is 12.4. The highest BCUT2D eigenvalue weighted by molar-refractivity contribution is 6.30. The zero-order chi connectivity index (χ0) is 19.9. The lowest BCUT2D eigenvalue weighted by Crippen LogP contribution is -2.28. The maximum atomic E-state index is 12.4. The molecule has 0 aliphatic carbocycles. The number of rotatable bonds is 9. The molecule has 0 aliphatic heterocycles. The summed E-state index contributed by atoms with van der Waals surface area (Å²) in [6.45, 7) is 6.23. The molecule has 4 nitrogen and oxygen atoms in total. The van der Waals surface area contributed by atoms with Gasteiger partial charge in [0.25, 0.3) is 0 Å². The van der Waals surface area contributed by atoms with Gasteiger partial charge in [-0.25, -0.2) is 0 Å². The molecule has 0 saturated heterocycles. The summed E-state index contributed by atoms with van der Waals surface area (Å²) in [6.07, 6.45) is 0.869. The van der Waals surface area contributed by atoms with Gasteiger partial charge in [0.05, 0.1) is 18.6 Å². The van der Waals surface area contributed by atoms with Gasteiger partial charge in [0.2, 0.25) is 0 Å². The van der Waals surface area contributed by atoms with Crippen LogP contribution in [0.4, 0.5) is 0 Å². The van der Waals surface area contributed by atoms with Crippen molar-refractivity contribution in [3.8, 4) is 5.75 Å². The van der Waals surface area contributed by atoms with Crippen LogP contribution in [0, 0.1) is 5.41 Å². The van der Waals surface area contributed by atoms with E-state index in [1.165, 1.54) is 0 Å². The van der Waals surface area contributed by atoms with Gasteiger partial charge >= 0.3 is 5.97 Å². The number of esters is 1. The quantitative estimate of drug-likeness (QED) is 0.441. The Hall–Kier alpha value is -2.33. The molecule has 0 N–H and O–H groups in total. The molecule has 0 atom stereocenters. The number of ketones is 1. The molecule has 2 rings (SSSR count). The first-order valence-electron chi connectivity index (χ1n) is 8.99. The average Bonchev–Trinajstić information content (AvgIpc) is 2.64. The summed E-state index contributed by atoms with van der Waals surface area (Å²) < 4.78 is 10.8. The van der Waals surface area contributed by atoms with Crippen molar-refractivity contribution >= 4 is 23.4 Å². The molecule has 5 heteroatoms. The third kappa shape index (κ3) is 6.40. The first-order valence-corrected chi connectivity index (χ1v) is 9.37. The maximum Gasteiger partial charge on any atom is 0.311 e. The zero-order valence-corrected chi connectivity index (χ0v) is 16.7. The van der Waals surface area contributed by atoms with Crippen molar-refractivity contribution in [3.63, 3.8) is 0 Å². The van der Waals surface area contributed by atoms with Gasteiger partial charge < -0.3 is 9.47 Å². The number of Topliss-reactive ketones (excluding diaryl/α,β-unsaturated/α-hetero) is 1. The van der Waals surface area contributed by atoms with Crippen molar-refractivity contribution in [3.05, 3.63) is 64.7 Å². The van der Waals surface area contributed by atoms with Crippen LogP contribution in [0.25, 0.3) is 0 Å². The van der Waals surface area contributed by atoms with Crippen LogP contribution in [0.1, 0.15) is 43.1 Å². The van der Waals surface area contributed by atoms with Crippen molar-refractivity contribution in [2.24, 2.45) is 5.41 Å². The fourth-order valence-corrected chi connectivity index (χ4v) is 2.61. The van der Waals surface area contributed by atoms with Gasteiger partial charge in [-0.05, 0) is 69.2 Å². The van der Waals surface area contributed by atoms with E-state index < -0.39 is 5.41 Å². The Bertz CT molecular complexity index is 764. The van der Waals surface area contributed by atoms with Gasteiger partial charge in [-0.3, -0.25) is 9.59 Å². The Morgan fingerprint density at radius 2 is 1.63 bits per heavy atom. The SMILES string of the molecule is CCOC(=O)C(C)(C)CCOc1ccc(C(=O)Cc2ccc(Cl)cc2)cc1. The second kappa shape index (κ2) is 9.56. The zero-order valence-electron chi connectivity index (χ0n) is 16.0. The summed E-state index contributed by atoms with van der Waals surface area (Å²) in [4.78, 5) is 24.2. The van der Waals surface area contributed by atoms with Gasteiger partial charge in [-0.2, -0.15) is 0 Å². The normalized spacial score (nSPS) is 11.1. The van der Waals surface area contributed by atoms with E-state index in [4.69, 9.17) is 21.1 Å². The van der Waals surface area contributed by atoms with E-state index in [1.54, 1.807) is 43.3 Å². The standard InChI is InChI=1S/C22H25ClO4/c1-4-26-21(25)22(2,3)13-14-27-19-11-7-17(8-12-19)20(24)15-16-5-9-18(23)10-6-16/h5-12H,4,13-15H2,1-3H3. The lowest BCUT2D eigenvalue weighted by atomic mass is 9.90. The minimum Gasteiger partial charge on any atom is -0.494 e. The van der Waals surface area contributed by atoms with Crippen LogP contribution in [0.2, 0.25) is 5.02 Å². The number of carbonyl (C=O) groups is 2. The van der Waals surface area contributed by atoms with Crippen molar-refractivity contribution in [1.29, 1.82) is 0 Å². The highest BCUT2D eigenvalue weighted by Crippen LogP contribution is 2.23. The monoisotopic (exact) mass is 388 g/mol. The third-order valence-corrected chi connectivity index (χ3v) is 4.53. The van der Waals surface area contributed by atoms with Crippen LogP contribution in [0.3, 0.4) is 0 Å². The first-order chi connectivity index (χ1) is 12.8. The summed E-state index contributed by atoms with van der Waals surface area (Å²) in [5, 5.41) is 0.652. The summed E-state index contributed by atoms with van der Waals surface area (Å²) in [6, 6.07) is 14.3. The van der Waals surface area contributed by atoms with E-state index in [0.717, 1.165) is 5.56 Å². The fourth-order valence-electron chi connectivity index (χ4n) is 2.48. The average molecular weight is 389 g/mol. The third-order valence-electron chi connectivity index (χ3n) is 4.28. The van der Waals surface area contributed by atoms with E-state index in [-0.39, 0.29) is 11.8 Å². The number of carbonyl (C=O) groups excluding carboxylic acids is 2. The van der Waals surface area contributed by atoms with Crippen LogP contribution in [-0.2, 0) is 16.0 Å². The number of hydrogen-bond donors (Lipinski definition) is 0. The molecule has 27 heavy (non-hydrogen) atoms. The molecule has 2 aromatic rings. The summed E-state index contributed by atoms with van der Waals surface area (Å²) in [7, 11) is 0. The number of benzene rings is 2. The smallest absolute Gasteiger partial charge is 0.311 e. The molecule has 0 heterocycles. The first kappa shape index (κ1) is 21.0. The Labute approximate surface area is 165 Å². The van der Waals surface area contributed by atoms with Gasteiger partial charge in [0.1, 0.15) is 5.75 Å². The van der Waals surface area contributed by atoms with Gasteiger partial charge in [-0.1, -0.05) is 23.7 Å². The van der Waals surface area contributed by atoms with Crippen molar-refractivity contribution < 1.29 is 19.1 Å². The van der Waals surface area contributed by atoms with Gasteiger partial charge in [-0.15, -0.1) is 0 Å². The summed E-state index contributed by atoms with van der Waals surface area (Å²) in [5.74, 6) is 0.474. The molecule has 0 radical (unpaired) electrons. The molecule has 0 spiro atoms. The molecule has 2 aromatic carbocycles. The second-order valence-electron chi connectivity index (χ2n) is 6.95. The Morgan fingerprint density at radius 3 is 2.22 bits per heavy atom. The number of ether oxygens (including phenoxy) is 2. The number of halogens is 1. The van der Waals surface area contributed by atoms with Gasteiger partial charge in [0, 0.05) is 17.0 Å². The van der Waals surface area contributed by atoms with E-state index in [1.807, 2.05) is 26.0 Å². The van der Waals surface area contributed by atoms with E-state index >= 15 is 0 Å². The van der Waals surface area contributed by atoms with E-state index in [0.29, 0.717) is 42.4 Å². The lowest BCUT2D eigenvalue weighted by molar-refractivity contribution is -0.154. The predicted octanol–water partition coefficient (Wildman–Crippen LogP) is 5.12. The van der Waals surface area contributed by atoms with Crippen molar-refractivity contribution in [1.82, 2.24) is 0 Å². The largest absolute Gasteiger partial charge is 0.494 e. The molecule has 144 valence electrons. The van der Waals surface area contributed by atoms with Gasteiger partial charge in [0.15, 0.2) is 5.78 Å². The molecule has 0 saturated carbocycles. The Morgan fingerprint density at radius 1 is 1.00 bits per heavy atom. The van der Waals surface area contributed by atoms with Crippen LogP contribution in [0.15, 0.2) is 48.5 Å². The fraction of sp³-hybridized carbons (Fsp3) is 0.364. The van der Waals surface area contributed by atoms with E-state index in [9.17, 15) is 9.59 Å². The van der Waals surface area contributed by atoms with Crippen LogP contribution < -0.4 is 4.74 Å². The summed E-state index contributed by atoms with van der Waals surface area (Å²) in [5.41, 5.74) is 0.958. The molecular formula is C22H25ClO4. The topological polar surface area (TPSA) is 52.6 Å². The van der Waals surface area contributed by atoms with Crippen LogP contribution in [0.5, 0.6) is 5.75 Å². The Kier molecular flexibility index (Phi) is 7.43. The molecule has 0 unspecified atom stereocenters. The molecule has 0 bridgehead atoms. The van der Waals surface area contributed by atoms with Crippen LogP contribution in [-0.4, -0.2) is 25.0 Å². The molecular weight excluding hydrogens is 364 g/mol. The lowest BCUT2D eigenvalue weighted by Gasteiger charge is -2.22. The minimum absolute atomic E-state index is 0.0346. The second-order valence-corrected chi connectivity index (χ2v) is 7.39. The van der Waals surface area contributed by atoms with Crippen molar-refractivity contribution in [2.45, 2.75) is 33.6 Å². The Balaban J connectivity index is 1.86. The molecule has 0 amide bonds. The highest BCUT2D eigenvalue weighted by atomic mass is 35.5. The summed E-state index contributed by atoms with van der Waals surface area (Å²) >= 11 is 5.86. The number of hydrogen-bond acceptors (Lipinski definition) is 4. The molecule has 0 fully saturated rings. The van der Waals surface area contributed by atoms with E-state index in [2.05, 4.69) is 0 Å². The molecule has 0 aromatic heterocycles. The molecule has 0 aliphatic rings. The highest BCUT2D eigenvalue weighted by Gasteiger charge is 2.28.